The van der Waals surface area contributed by atoms with Crippen LogP contribution in [0.15, 0.2) is 30.3 Å². The van der Waals surface area contributed by atoms with Crippen LogP contribution in [-0.2, 0) is 9.59 Å². The van der Waals surface area contributed by atoms with Gasteiger partial charge in [-0.15, -0.1) is 12.4 Å². The van der Waals surface area contributed by atoms with E-state index in [1.54, 1.807) is 11.9 Å². The van der Waals surface area contributed by atoms with E-state index >= 15 is 0 Å². The summed E-state index contributed by atoms with van der Waals surface area (Å²) in [6.45, 7) is 0.621. The first-order chi connectivity index (χ1) is 11.6. The van der Waals surface area contributed by atoms with Crippen molar-refractivity contribution < 1.29 is 9.59 Å². The van der Waals surface area contributed by atoms with Crippen LogP contribution >= 0.6 is 12.4 Å². The normalized spacial score (nSPS) is 29.2. The number of nitrogens with one attached hydrogen (secondary N) is 1. The number of amides is 2. The predicted octanol–water partition coefficient (Wildman–Crippen LogP) is 2.26. The molecule has 25 heavy (non-hydrogen) atoms. The van der Waals surface area contributed by atoms with E-state index < -0.39 is 0 Å². The van der Waals surface area contributed by atoms with Crippen molar-refractivity contribution in [2.75, 3.05) is 13.6 Å². The van der Waals surface area contributed by atoms with Crippen molar-refractivity contribution >= 4 is 24.2 Å². The van der Waals surface area contributed by atoms with E-state index in [4.69, 9.17) is 5.73 Å². The Morgan fingerprint density at radius 1 is 1.24 bits per heavy atom. The first-order valence-electron chi connectivity index (χ1n) is 8.93. The molecule has 1 saturated carbocycles. The Morgan fingerprint density at radius 3 is 2.64 bits per heavy atom. The van der Waals surface area contributed by atoms with E-state index in [1.807, 2.05) is 30.3 Å². The number of piperidine rings is 1. The van der Waals surface area contributed by atoms with Gasteiger partial charge < -0.3 is 16.0 Å². The van der Waals surface area contributed by atoms with Gasteiger partial charge in [0.25, 0.3) is 0 Å². The van der Waals surface area contributed by atoms with Gasteiger partial charge in [-0.25, -0.2) is 0 Å². The molecule has 0 aromatic heterocycles. The number of benzene rings is 1. The number of rotatable bonds is 4. The maximum Gasteiger partial charge on any atom is 0.225 e. The highest BCUT2D eigenvalue weighted by atomic mass is 35.5. The minimum atomic E-state index is -0.200. The van der Waals surface area contributed by atoms with E-state index in [1.165, 1.54) is 0 Å². The summed E-state index contributed by atoms with van der Waals surface area (Å²) in [6, 6.07) is 9.86. The van der Waals surface area contributed by atoms with Crippen LogP contribution in [0.25, 0.3) is 0 Å². The molecule has 1 aliphatic heterocycles. The SMILES string of the molecule is CN1C(=O)CCC(C(=O)NC2CCCC2CN)C1c1ccccc1.Cl. The number of carbonyl (C=O) groups excluding carboxylic acids is 2. The van der Waals surface area contributed by atoms with Crippen molar-refractivity contribution in [1.82, 2.24) is 10.2 Å². The van der Waals surface area contributed by atoms with E-state index in [0.717, 1.165) is 24.8 Å². The number of hydrogen-bond donors (Lipinski definition) is 2. The standard InChI is InChI=1S/C19H27N3O2.ClH/c1-22-17(23)11-10-15(18(22)13-6-3-2-4-7-13)19(24)21-16-9-5-8-14(16)12-20;/h2-4,6-7,14-16,18H,5,8-12,20H2,1H3,(H,21,24);1H. The predicted molar refractivity (Wildman–Crippen MR) is 100 cm³/mol. The van der Waals surface area contributed by atoms with Gasteiger partial charge in [0.2, 0.25) is 11.8 Å². The van der Waals surface area contributed by atoms with Crippen LogP contribution in [0.3, 0.4) is 0 Å². The van der Waals surface area contributed by atoms with Gasteiger partial charge in [0.15, 0.2) is 0 Å². The molecule has 3 rings (SSSR count). The molecule has 0 spiro atoms. The Labute approximate surface area is 155 Å². The van der Waals surface area contributed by atoms with E-state index in [2.05, 4.69) is 5.32 Å². The van der Waals surface area contributed by atoms with E-state index in [0.29, 0.717) is 25.3 Å². The summed E-state index contributed by atoms with van der Waals surface area (Å²) in [5, 5.41) is 3.23. The van der Waals surface area contributed by atoms with Crippen LogP contribution in [-0.4, -0.2) is 36.3 Å². The Kier molecular flexibility index (Phi) is 6.85. The summed E-state index contributed by atoms with van der Waals surface area (Å²) >= 11 is 0. The fourth-order valence-electron chi connectivity index (χ4n) is 4.22. The van der Waals surface area contributed by atoms with Crippen LogP contribution in [0, 0.1) is 11.8 Å². The van der Waals surface area contributed by atoms with Gasteiger partial charge in [0.1, 0.15) is 0 Å². The molecule has 2 aliphatic rings. The van der Waals surface area contributed by atoms with Gasteiger partial charge in [-0.3, -0.25) is 9.59 Å². The number of nitrogens with zero attached hydrogens (tertiary/aromatic N) is 1. The molecule has 0 bridgehead atoms. The highest BCUT2D eigenvalue weighted by Crippen LogP contribution is 2.36. The Bertz CT molecular complexity index is 596. The lowest BCUT2D eigenvalue weighted by Crippen LogP contribution is -2.49. The number of hydrogen-bond acceptors (Lipinski definition) is 3. The van der Waals surface area contributed by atoms with Crippen LogP contribution in [0.5, 0.6) is 0 Å². The average molecular weight is 366 g/mol. The van der Waals surface area contributed by atoms with Gasteiger partial charge in [-0.05, 0) is 37.3 Å². The second kappa shape index (κ2) is 8.68. The van der Waals surface area contributed by atoms with E-state index in [-0.39, 0.29) is 42.2 Å². The molecule has 6 heteroatoms. The summed E-state index contributed by atoms with van der Waals surface area (Å²) in [5.41, 5.74) is 6.86. The zero-order valence-corrected chi connectivity index (χ0v) is 15.5. The van der Waals surface area contributed by atoms with Gasteiger partial charge in [0, 0.05) is 19.5 Å². The summed E-state index contributed by atoms with van der Waals surface area (Å²) in [7, 11) is 1.80. The molecule has 1 aromatic rings. The fraction of sp³-hybridized carbons (Fsp3) is 0.579. The number of nitrogens with two attached hydrogens (primary N) is 1. The maximum atomic E-state index is 13.0. The minimum Gasteiger partial charge on any atom is -0.353 e. The summed E-state index contributed by atoms with van der Waals surface area (Å²) < 4.78 is 0. The summed E-state index contributed by atoms with van der Waals surface area (Å²) in [6.07, 6.45) is 4.26. The third kappa shape index (κ3) is 4.15. The third-order valence-corrected chi connectivity index (χ3v) is 5.63. The molecule has 5 nitrogen and oxygen atoms in total. The molecular weight excluding hydrogens is 338 g/mol. The third-order valence-electron chi connectivity index (χ3n) is 5.63. The monoisotopic (exact) mass is 365 g/mol. The molecular formula is C19H28ClN3O2. The summed E-state index contributed by atoms with van der Waals surface area (Å²) in [4.78, 5) is 26.9. The molecule has 2 fully saturated rings. The lowest BCUT2D eigenvalue weighted by atomic mass is 9.83. The first-order valence-corrected chi connectivity index (χ1v) is 8.93. The van der Waals surface area contributed by atoms with Crippen molar-refractivity contribution in [3.8, 4) is 0 Å². The molecule has 4 unspecified atom stereocenters. The highest BCUT2D eigenvalue weighted by Gasteiger charge is 2.40. The number of likely N-dealkylation sites (tertiary alicyclic amines) is 1. The minimum absolute atomic E-state index is 0. The number of halogens is 1. The van der Waals surface area contributed by atoms with Gasteiger partial charge >= 0.3 is 0 Å². The zero-order valence-electron chi connectivity index (χ0n) is 14.7. The lowest BCUT2D eigenvalue weighted by Gasteiger charge is -2.39. The van der Waals surface area contributed by atoms with Crippen molar-refractivity contribution in [3.05, 3.63) is 35.9 Å². The highest BCUT2D eigenvalue weighted by molar-refractivity contribution is 5.85. The molecule has 1 aromatic carbocycles. The fourth-order valence-corrected chi connectivity index (χ4v) is 4.22. The van der Waals surface area contributed by atoms with Crippen LogP contribution in [0.2, 0.25) is 0 Å². The molecule has 0 radical (unpaired) electrons. The van der Waals surface area contributed by atoms with Gasteiger partial charge in [-0.2, -0.15) is 0 Å². The largest absolute Gasteiger partial charge is 0.353 e. The van der Waals surface area contributed by atoms with Crippen LogP contribution in [0.1, 0.15) is 43.7 Å². The molecule has 1 aliphatic carbocycles. The van der Waals surface area contributed by atoms with Crippen molar-refractivity contribution in [1.29, 1.82) is 0 Å². The molecule has 2 amide bonds. The zero-order chi connectivity index (χ0) is 17.1. The second-order valence-electron chi connectivity index (χ2n) is 7.05. The maximum absolute atomic E-state index is 13.0. The topological polar surface area (TPSA) is 75.4 Å². The Balaban J connectivity index is 0.00000225. The second-order valence-corrected chi connectivity index (χ2v) is 7.05. The average Bonchev–Trinajstić information content (AvgIpc) is 3.05. The van der Waals surface area contributed by atoms with Crippen LogP contribution in [0.4, 0.5) is 0 Å². The number of carbonyl (C=O) groups is 2. The van der Waals surface area contributed by atoms with Crippen molar-refractivity contribution in [2.45, 2.75) is 44.2 Å². The van der Waals surface area contributed by atoms with Crippen LogP contribution < -0.4 is 11.1 Å². The van der Waals surface area contributed by atoms with Gasteiger partial charge in [-0.1, -0.05) is 36.8 Å². The lowest BCUT2D eigenvalue weighted by molar-refractivity contribution is -0.142. The molecule has 4 atom stereocenters. The van der Waals surface area contributed by atoms with E-state index in [9.17, 15) is 9.59 Å². The van der Waals surface area contributed by atoms with Crippen molar-refractivity contribution in [3.63, 3.8) is 0 Å². The Morgan fingerprint density at radius 2 is 1.96 bits per heavy atom. The molecule has 3 N–H and O–H groups in total. The van der Waals surface area contributed by atoms with Gasteiger partial charge in [0.05, 0.1) is 12.0 Å². The first kappa shape index (κ1) is 19.7. The smallest absolute Gasteiger partial charge is 0.225 e. The molecule has 1 heterocycles. The Hall–Kier alpha value is -1.59. The molecule has 1 saturated heterocycles. The quantitative estimate of drug-likeness (QED) is 0.859. The molecule has 138 valence electrons. The summed E-state index contributed by atoms with van der Waals surface area (Å²) in [5.74, 6) is 0.350. The van der Waals surface area contributed by atoms with Crippen molar-refractivity contribution in [2.24, 2.45) is 17.6 Å².